The number of carboxylic acids is 1. The Morgan fingerprint density at radius 1 is 1.78 bits per heavy atom. The fourth-order valence-corrected chi connectivity index (χ4v) is 0.373. The van der Waals surface area contributed by atoms with Crippen LogP contribution in [0.25, 0.3) is 0 Å². The van der Waals surface area contributed by atoms with Gasteiger partial charge in [-0.25, -0.2) is 0 Å². The van der Waals surface area contributed by atoms with Crippen molar-refractivity contribution in [2.24, 2.45) is 0 Å². The van der Waals surface area contributed by atoms with E-state index in [9.17, 15) is 4.79 Å². The Kier molecular flexibility index (Phi) is 10.9. The van der Waals surface area contributed by atoms with Gasteiger partial charge >= 0.3 is 35.5 Å². The van der Waals surface area contributed by atoms with E-state index in [1.807, 2.05) is 19.1 Å². The minimum absolute atomic E-state index is 0. The Morgan fingerprint density at radius 2 is 2.33 bits per heavy atom. The van der Waals surface area contributed by atoms with Gasteiger partial charge in [0.1, 0.15) is 0 Å². The van der Waals surface area contributed by atoms with Crippen molar-refractivity contribution in [3.05, 3.63) is 12.2 Å². The number of hydrogen-bond donors (Lipinski definition) is 1. The number of rotatable bonds is 3. The molecular formula is C6H11NaO2. The standard InChI is InChI=1S/C6H10O2.Na.H/c1-2-3-4-5-6(7)8;;/h2-3H,4-5H2,1H3,(H,7,8);;/q;+1;-1. The predicted molar refractivity (Wildman–Crippen MR) is 32.8 cm³/mol. The first kappa shape index (κ1) is 11.9. The van der Waals surface area contributed by atoms with Gasteiger partial charge < -0.3 is 6.53 Å². The molecule has 0 aromatic heterocycles. The topological polar surface area (TPSA) is 37.3 Å². The van der Waals surface area contributed by atoms with Crippen LogP contribution in [0.5, 0.6) is 0 Å². The summed E-state index contributed by atoms with van der Waals surface area (Å²) in [7, 11) is 0. The van der Waals surface area contributed by atoms with Gasteiger partial charge in [-0.3, -0.25) is 4.79 Å². The van der Waals surface area contributed by atoms with E-state index in [1.54, 1.807) is 0 Å². The quantitative estimate of drug-likeness (QED) is 0.382. The van der Waals surface area contributed by atoms with E-state index >= 15 is 0 Å². The Morgan fingerprint density at radius 3 is 2.67 bits per heavy atom. The summed E-state index contributed by atoms with van der Waals surface area (Å²) in [5, 5.41) is 8.11. The fourth-order valence-electron chi connectivity index (χ4n) is 0.373. The van der Waals surface area contributed by atoms with Crippen molar-refractivity contribution >= 4 is 5.97 Å². The van der Waals surface area contributed by atoms with Gasteiger partial charge in [-0.05, 0) is 13.3 Å². The molecule has 9 heavy (non-hydrogen) atoms. The van der Waals surface area contributed by atoms with Crippen LogP contribution in [-0.4, -0.2) is 11.1 Å². The molecule has 0 saturated carbocycles. The van der Waals surface area contributed by atoms with Gasteiger partial charge in [0.05, 0.1) is 0 Å². The van der Waals surface area contributed by atoms with Crippen LogP contribution in [0.15, 0.2) is 12.2 Å². The number of hydrogen-bond acceptors (Lipinski definition) is 1. The van der Waals surface area contributed by atoms with Gasteiger partial charge in [-0.15, -0.1) is 0 Å². The number of allylic oxidation sites excluding steroid dienone is 2. The van der Waals surface area contributed by atoms with Crippen molar-refractivity contribution in [3.8, 4) is 0 Å². The fraction of sp³-hybridized carbons (Fsp3) is 0.500. The van der Waals surface area contributed by atoms with Crippen molar-refractivity contribution < 1.29 is 40.9 Å². The zero-order valence-electron chi connectivity index (χ0n) is 6.92. The Bertz CT molecular complexity index is 104. The molecule has 0 unspecified atom stereocenters. The van der Waals surface area contributed by atoms with E-state index in [0.29, 0.717) is 6.42 Å². The maximum Gasteiger partial charge on any atom is 1.00 e. The molecule has 0 aliphatic rings. The van der Waals surface area contributed by atoms with Crippen LogP contribution in [0.3, 0.4) is 0 Å². The monoisotopic (exact) mass is 138 g/mol. The molecule has 2 nitrogen and oxygen atoms in total. The molecule has 0 aliphatic carbocycles. The third-order valence-corrected chi connectivity index (χ3v) is 0.761. The summed E-state index contributed by atoms with van der Waals surface area (Å²) in [4.78, 5) is 9.84. The molecule has 0 bridgehead atoms. The summed E-state index contributed by atoms with van der Waals surface area (Å²) >= 11 is 0. The molecule has 1 N–H and O–H groups in total. The molecule has 0 spiro atoms. The van der Waals surface area contributed by atoms with E-state index < -0.39 is 5.97 Å². The van der Waals surface area contributed by atoms with E-state index in [1.165, 1.54) is 0 Å². The first-order valence-corrected chi connectivity index (χ1v) is 2.60. The Balaban J connectivity index is -0.000000245. The van der Waals surface area contributed by atoms with Crippen molar-refractivity contribution in [1.29, 1.82) is 0 Å². The van der Waals surface area contributed by atoms with Gasteiger partial charge in [0.15, 0.2) is 0 Å². The third kappa shape index (κ3) is 11.7. The van der Waals surface area contributed by atoms with Gasteiger partial charge in [-0.1, -0.05) is 12.2 Å². The molecule has 48 valence electrons. The minimum Gasteiger partial charge on any atom is -1.00 e. The van der Waals surface area contributed by atoms with Crippen LogP contribution in [0.2, 0.25) is 0 Å². The summed E-state index contributed by atoms with van der Waals surface area (Å²) in [5.74, 6) is -0.733. The molecule has 0 aromatic rings. The second-order valence-electron chi connectivity index (χ2n) is 1.50. The smallest absolute Gasteiger partial charge is 1.00 e. The van der Waals surface area contributed by atoms with E-state index in [2.05, 4.69) is 0 Å². The Labute approximate surface area is 78.7 Å². The van der Waals surface area contributed by atoms with E-state index in [-0.39, 0.29) is 37.4 Å². The van der Waals surface area contributed by atoms with Gasteiger partial charge in [0.2, 0.25) is 0 Å². The zero-order valence-corrected chi connectivity index (χ0v) is 7.92. The van der Waals surface area contributed by atoms with Crippen LogP contribution in [0.4, 0.5) is 0 Å². The molecule has 0 radical (unpaired) electrons. The number of aliphatic carboxylic acids is 1. The number of carbonyl (C=O) groups is 1. The van der Waals surface area contributed by atoms with Crippen molar-refractivity contribution in [3.63, 3.8) is 0 Å². The molecule has 0 saturated heterocycles. The molecule has 3 heteroatoms. The number of carboxylic acid groups (broad SMARTS) is 1. The summed E-state index contributed by atoms with van der Waals surface area (Å²) in [6.45, 7) is 1.88. The summed E-state index contributed by atoms with van der Waals surface area (Å²) < 4.78 is 0. The summed E-state index contributed by atoms with van der Waals surface area (Å²) in [5.41, 5.74) is 0. The maximum atomic E-state index is 9.84. The van der Waals surface area contributed by atoms with Crippen LogP contribution in [0, 0.1) is 0 Å². The van der Waals surface area contributed by atoms with Crippen molar-refractivity contribution in [2.45, 2.75) is 19.8 Å². The minimum atomic E-state index is -0.733. The molecule has 0 aromatic carbocycles. The summed E-state index contributed by atoms with van der Waals surface area (Å²) in [6, 6.07) is 0. The largest absolute Gasteiger partial charge is 1.00 e. The van der Waals surface area contributed by atoms with Crippen LogP contribution in [0.1, 0.15) is 21.2 Å². The molecule has 0 heterocycles. The first-order chi connectivity index (χ1) is 3.77. The van der Waals surface area contributed by atoms with Crippen LogP contribution in [-0.2, 0) is 4.79 Å². The van der Waals surface area contributed by atoms with E-state index in [0.717, 1.165) is 0 Å². The Hall–Kier alpha value is 0.210. The predicted octanol–water partition coefficient (Wildman–Crippen LogP) is -1.46. The molecular weight excluding hydrogens is 127 g/mol. The maximum absolute atomic E-state index is 9.84. The first-order valence-electron chi connectivity index (χ1n) is 2.60. The molecule has 0 atom stereocenters. The normalized spacial score (nSPS) is 9.00. The molecule has 0 amide bonds. The van der Waals surface area contributed by atoms with Gasteiger partial charge in [0, 0.05) is 6.42 Å². The van der Waals surface area contributed by atoms with E-state index in [4.69, 9.17) is 5.11 Å². The molecule has 0 rings (SSSR count). The van der Waals surface area contributed by atoms with Gasteiger partial charge in [-0.2, -0.15) is 0 Å². The molecule has 0 aliphatic heterocycles. The summed E-state index contributed by atoms with van der Waals surface area (Å²) in [6.07, 6.45) is 4.58. The van der Waals surface area contributed by atoms with Gasteiger partial charge in [0.25, 0.3) is 0 Å². The van der Waals surface area contributed by atoms with Crippen LogP contribution < -0.4 is 29.6 Å². The average Bonchev–Trinajstić information content (AvgIpc) is 1.66. The van der Waals surface area contributed by atoms with Crippen LogP contribution >= 0.6 is 0 Å². The average molecular weight is 138 g/mol. The third-order valence-electron chi connectivity index (χ3n) is 0.761. The second kappa shape index (κ2) is 8.21. The van der Waals surface area contributed by atoms with Crippen molar-refractivity contribution in [2.75, 3.05) is 0 Å². The zero-order chi connectivity index (χ0) is 6.41. The molecule has 0 fully saturated rings. The second-order valence-corrected chi connectivity index (χ2v) is 1.50. The van der Waals surface area contributed by atoms with Crippen molar-refractivity contribution in [1.82, 2.24) is 0 Å². The SMILES string of the molecule is CC=CCCC(=O)O.[H-].[Na+].